The second-order valence-corrected chi connectivity index (χ2v) is 6.80. The van der Waals surface area contributed by atoms with E-state index in [1.807, 2.05) is 0 Å². The zero-order chi connectivity index (χ0) is 18.6. The molecule has 0 saturated heterocycles. The minimum Gasteiger partial charge on any atom is -0.508 e. The zero-order valence-corrected chi connectivity index (χ0v) is 14.6. The molecule has 1 heterocycles. The van der Waals surface area contributed by atoms with Crippen molar-refractivity contribution in [1.29, 1.82) is 0 Å². The molecule has 1 aromatic carbocycles. The second kappa shape index (κ2) is 8.11. The second-order valence-electron chi connectivity index (χ2n) is 5.43. The van der Waals surface area contributed by atoms with Crippen molar-refractivity contribution in [3.8, 4) is 11.5 Å². The number of carbonyl (C=O) groups excluding carboxylic acids is 3. The first-order valence-electron chi connectivity index (χ1n) is 7.55. The predicted molar refractivity (Wildman–Crippen MR) is 89.5 cm³/mol. The number of benzene rings is 1. The van der Waals surface area contributed by atoms with Gasteiger partial charge < -0.3 is 25.0 Å². The van der Waals surface area contributed by atoms with Crippen LogP contribution in [-0.2, 0) is 19.1 Å². The number of esters is 2. The Morgan fingerprint density at radius 1 is 1.36 bits per heavy atom. The fourth-order valence-electron chi connectivity index (χ4n) is 2.43. The van der Waals surface area contributed by atoms with Crippen molar-refractivity contribution in [2.75, 3.05) is 19.5 Å². The zero-order valence-electron chi connectivity index (χ0n) is 13.8. The number of nitrogens with one attached hydrogen (secondary N) is 1. The highest BCUT2D eigenvalue weighted by atomic mass is 32.2. The Kier molecular flexibility index (Phi) is 6.13. The normalized spacial score (nSPS) is 21.8. The smallest absolute Gasteiger partial charge is 0.338 e. The van der Waals surface area contributed by atoms with Gasteiger partial charge in [0.2, 0.25) is 5.91 Å². The Morgan fingerprint density at radius 2 is 2.08 bits per heavy atom. The number of methoxy groups -OCH3 is 1. The van der Waals surface area contributed by atoms with Crippen molar-refractivity contribution in [3.05, 3.63) is 23.3 Å². The molecule has 0 aliphatic carbocycles. The van der Waals surface area contributed by atoms with Crippen molar-refractivity contribution < 1.29 is 34.1 Å². The number of phenolic OH excluding ortho intramolecular Hbond substituents is 2. The third kappa shape index (κ3) is 4.56. The minimum atomic E-state index is -0.859. The van der Waals surface area contributed by atoms with Gasteiger partial charge in [-0.3, -0.25) is 4.79 Å². The average Bonchev–Trinajstić information content (AvgIpc) is 2.55. The van der Waals surface area contributed by atoms with Gasteiger partial charge in [-0.1, -0.05) is 0 Å². The summed E-state index contributed by atoms with van der Waals surface area (Å²) in [6.07, 6.45) is -0.125. The Morgan fingerprint density at radius 3 is 2.76 bits per heavy atom. The number of amides is 1. The van der Waals surface area contributed by atoms with Crippen LogP contribution in [0.4, 0.5) is 0 Å². The van der Waals surface area contributed by atoms with Crippen LogP contribution in [0.15, 0.2) is 12.1 Å². The summed E-state index contributed by atoms with van der Waals surface area (Å²) in [4.78, 5) is 35.9. The first kappa shape index (κ1) is 18.9. The molecule has 1 amide bonds. The SMILES string of the molecule is COC(=O)C1CS[C@H](C)c2c(O)cc(O)cc2C(=O)OCCC(=O)N1. The molecule has 1 unspecified atom stereocenters. The molecule has 1 aliphatic rings. The number of hydrogen-bond acceptors (Lipinski definition) is 8. The van der Waals surface area contributed by atoms with Crippen molar-refractivity contribution in [1.82, 2.24) is 5.32 Å². The molecular weight excluding hydrogens is 350 g/mol. The fraction of sp³-hybridized carbons (Fsp3) is 0.438. The van der Waals surface area contributed by atoms with E-state index in [1.54, 1.807) is 6.92 Å². The third-order valence-electron chi connectivity index (χ3n) is 3.67. The number of fused-ring (bicyclic) bond motifs is 1. The lowest BCUT2D eigenvalue weighted by Crippen LogP contribution is -2.43. The lowest BCUT2D eigenvalue weighted by Gasteiger charge is -2.22. The number of cyclic esters (lactones) is 1. The minimum absolute atomic E-state index is 0.0214. The van der Waals surface area contributed by atoms with Gasteiger partial charge in [-0.25, -0.2) is 9.59 Å². The Labute approximate surface area is 148 Å². The Balaban J connectivity index is 2.38. The van der Waals surface area contributed by atoms with E-state index in [-0.39, 0.29) is 35.8 Å². The quantitative estimate of drug-likeness (QED) is 0.629. The molecule has 8 nitrogen and oxygen atoms in total. The fourth-order valence-corrected chi connectivity index (χ4v) is 3.55. The van der Waals surface area contributed by atoms with Crippen LogP contribution in [0.25, 0.3) is 0 Å². The third-order valence-corrected chi connectivity index (χ3v) is 4.93. The number of hydrogen-bond donors (Lipinski definition) is 3. The van der Waals surface area contributed by atoms with Gasteiger partial charge in [0.25, 0.3) is 0 Å². The topological polar surface area (TPSA) is 122 Å². The number of carbonyl (C=O) groups is 3. The van der Waals surface area contributed by atoms with E-state index >= 15 is 0 Å². The van der Waals surface area contributed by atoms with Crippen LogP contribution in [0.3, 0.4) is 0 Å². The van der Waals surface area contributed by atoms with Crippen molar-refractivity contribution in [3.63, 3.8) is 0 Å². The average molecular weight is 369 g/mol. The molecule has 0 radical (unpaired) electrons. The largest absolute Gasteiger partial charge is 0.508 e. The van der Waals surface area contributed by atoms with E-state index in [0.29, 0.717) is 5.56 Å². The van der Waals surface area contributed by atoms with Gasteiger partial charge in [0.1, 0.15) is 24.1 Å². The molecule has 2 atom stereocenters. The molecule has 0 spiro atoms. The Hall–Kier alpha value is -2.42. The molecule has 0 fully saturated rings. The van der Waals surface area contributed by atoms with E-state index in [0.717, 1.165) is 6.07 Å². The van der Waals surface area contributed by atoms with Crippen LogP contribution >= 0.6 is 11.8 Å². The van der Waals surface area contributed by atoms with Gasteiger partial charge in [-0.15, -0.1) is 0 Å². The van der Waals surface area contributed by atoms with Gasteiger partial charge in [0, 0.05) is 22.6 Å². The molecule has 2 rings (SSSR count). The molecule has 0 bridgehead atoms. The highest BCUT2D eigenvalue weighted by Crippen LogP contribution is 2.39. The molecular formula is C16H19NO7S. The number of aromatic hydroxyl groups is 2. The molecule has 0 saturated carbocycles. The van der Waals surface area contributed by atoms with Gasteiger partial charge in [0.05, 0.1) is 19.1 Å². The van der Waals surface area contributed by atoms with Gasteiger partial charge in [0.15, 0.2) is 0 Å². The number of phenols is 2. The molecule has 1 aliphatic heterocycles. The molecule has 1 aromatic rings. The van der Waals surface area contributed by atoms with Gasteiger partial charge in [-0.2, -0.15) is 11.8 Å². The van der Waals surface area contributed by atoms with E-state index in [9.17, 15) is 24.6 Å². The van der Waals surface area contributed by atoms with E-state index < -0.39 is 29.1 Å². The van der Waals surface area contributed by atoms with E-state index in [4.69, 9.17) is 4.74 Å². The number of rotatable bonds is 1. The van der Waals surface area contributed by atoms with Crippen molar-refractivity contribution >= 4 is 29.6 Å². The van der Waals surface area contributed by atoms with E-state index in [2.05, 4.69) is 10.1 Å². The van der Waals surface area contributed by atoms with Crippen LogP contribution in [0.1, 0.15) is 34.5 Å². The number of thioether (sulfide) groups is 1. The Bertz CT molecular complexity index is 691. The summed E-state index contributed by atoms with van der Waals surface area (Å²) in [7, 11) is 1.23. The van der Waals surface area contributed by atoms with E-state index in [1.165, 1.54) is 24.9 Å². The van der Waals surface area contributed by atoms with Gasteiger partial charge in [-0.05, 0) is 13.0 Å². The summed E-state index contributed by atoms with van der Waals surface area (Å²) in [5, 5.41) is 21.9. The summed E-state index contributed by atoms with van der Waals surface area (Å²) < 4.78 is 9.73. The first-order valence-corrected chi connectivity index (χ1v) is 8.60. The highest BCUT2D eigenvalue weighted by molar-refractivity contribution is 7.99. The molecule has 136 valence electrons. The maximum Gasteiger partial charge on any atom is 0.338 e. The first-order chi connectivity index (χ1) is 11.8. The molecule has 0 aromatic heterocycles. The molecule has 25 heavy (non-hydrogen) atoms. The maximum atomic E-state index is 12.2. The lowest BCUT2D eigenvalue weighted by molar-refractivity contribution is -0.144. The van der Waals surface area contributed by atoms with Crippen LogP contribution in [-0.4, -0.2) is 53.6 Å². The van der Waals surface area contributed by atoms with Crippen molar-refractivity contribution in [2.45, 2.75) is 24.6 Å². The van der Waals surface area contributed by atoms with Gasteiger partial charge >= 0.3 is 11.9 Å². The van der Waals surface area contributed by atoms with Crippen LogP contribution < -0.4 is 5.32 Å². The molecule has 3 N–H and O–H groups in total. The highest BCUT2D eigenvalue weighted by Gasteiger charge is 2.27. The number of ether oxygens (including phenoxy) is 2. The summed E-state index contributed by atoms with van der Waals surface area (Å²) in [6, 6.07) is 1.48. The van der Waals surface area contributed by atoms with Crippen molar-refractivity contribution in [2.24, 2.45) is 0 Å². The van der Waals surface area contributed by atoms with Crippen LogP contribution in [0, 0.1) is 0 Å². The summed E-state index contributed by atoms with van der Waals surface area (Å²) in [6.45, 7) is 1.53. The summed E-state index contributed by atoms with van der Waals surface area (Å²) in [5.74, 6) is -2.11. The molecule has 9 heteroatoms. The maximum absolute atomic E-state index is 12.2. The van der Waals surface area contributed by atoms with Crippen LogP contribution in [0.2, 0.25) is 0 Å². The summed E-state index contributed by atoms with van der Waals surface area (Å²) in [5.41, 5.74) is 0.316. The monoisotopic (exact) mass is 369 g/mol. The lowest BCUT2D eigenvalue weighted by atomic mass is 10.0. The summed E-state index contributed by atoms with van der Waals surface area (Å²) >= 11 is 1.24. The van der Waals surface area contributed by atoms with Crippen LogP contribution in [0.5, 0.6) is 11.5 Å². The standard InChI is InChI=1S/C16H19NO7S/c1-8-14-10(5-9(18)6-12(14)19)15(21)24-4-3-13(20)17-11(7-25-8)16(22)23-2/h5-6,8,11,18-19H,3-4,7H2,1-2H3,(H,17,20)/t8-,11?/m1/s1. The predicted octanol–water partition coefficient (Wildman–Crippen LogP) is 1.11.